The number of pyridine rings is 1. The summed E-state index contributed by atoms with van der Waals surface area (Å²) < 4.78 is 12.1. The third kappa shape index (κ3) is 2.81. The Morgan fingerprint density at radius 3 is 2.74 bits per heavy atom. The minimum atomic E-state index is 0.594. The van der Waals surface area contributed by atoms with Gasteiger partial charge in [-0.25, -0.2) is 0 Å². The Morgan fingerprint density at radius 2 is 2.00 bits per heavy atom. The van der Waals surface area contributed by atoms with Crippen LogP contribution in [0.25, 0.3) is 0 Å². The molecule has 3 rings (SSSR count). The Kier molecular flexibility index (Phi) is 3.55. The van der Waals surface area contributed by atoms with Crippen molar-refractivity contribution in [3.05, 3.63) is 46.7 Å². The van der Waals surface area contributed by atoms with Gasteiger partial charge in [0, 0.05) is 35.5 Å². The van der Waals surface area contributed by atoms with Crippen LogP contribution >= 0.6 is 15.9 Å². The van der Waals surface area contributed by atoms with E-state index in [0.717, 1.165) is 27.2 Å². The molecular formula is C14H13BrN2O2. The van der Waals surface area contributed by atoms with Gasteiger partial charge in [0.2, 0.25) is 0 Å². The van der Waals surface area contributed by atoms with Crippen LogP contribution in [0.1, 0.15) is 5.56 Å². The van der Waals surface area contributed by atoms with E-state index in [0.29, 0.717) is 19.8 Å². The highest BCUT2D eigenvalue weighted by molar-refractivity contribution is 9.10. The van der Waals surface area contributed by atoms with E-state index in [1.165, 1.54) is 0 Å². The third-order valence-corrected chi connectivity index (χ3v) is 3.49. The maximum absolute atomic E-state index is 5.57. The molecule has 0 spiro atoms. The van der Waals surface area contributed by atoms with Crippen LogP contribution in [-0.4, -0.2) is 18.2 Å². The molecule has 0 amide bonds. The van der Waals surface area contributed by atoms with E-state index in [1.807, 2.05) is 30.5 Å². The molecule has 5 heteroatoms. The second-order valence-electron chi connectivity index (χ2n) is 4.19. The predicted octanol–water partition coefficient (Wildman–Crippen LogP) is 3.23. The average molecular weight is 321 g/mol. The summed E-state index contributed by atoms with van der Waals surface area (Å²) in [5, 5.41) is 3.36. The monoisotopic (exact) mass is 320 g/mol. The molecule has 0 radical (unpaired) electrons. The summed E-state index contributed by atoms with van der Waals surface area (Å²) in [6, 6.07) is 7.84. The van der Waals surface area contributed by atoms with Crippen LogP contribution in [0.3, 0.4) is 0 Å². The molecule has 1 aromatic carbocycles. The van der Waals surface area contributed by atoms with E-state index in [-0.39, 0.29) is 0 Å². The summed E-state index contributed by atoms with van der Waals surface area (Å²) in [4.78, 5) is 4.09. The molecule has 19 heavy (non-hydrogen) atoms. The Bertz CT molecular complexity index is 575. The van der Waals surface area contributed by atoms with Crippen molar-refractivity contribution in [2.24, 2.45) is 0 Å². The van der Waals surface area contributed by atoms with Gasteiger partial charge in [0.1, 0.15) is 13.2 Å². The number of fused-ring (bicyclic) bond motifs is 1. The van der Waals surface area contributed by atoms with Gasteiger partial charge in [-0.05, 0) is 27.6 Å². The number of halogens is 1. The highest BCUT2D eigenvalue weighted by atomic mass is 79.9. The average Bonchev–Trinajstić information content (AvgIpc) is 2.46. The molecule has 0 saturated heterocycles. The molecule has 1 aliphatic heterocycles. The van der Waals surface area contributed by atoms with E-state index in [4.69, 9.17) is 9.47 Å². The molecule has 4 nitrogen and oxygen atoms in total. The maximum Gasteiger partial charge on any atom is 0.163 e. The number of rotatable bonds is 3. The third-order valence-electron chi connectivity index (χ3n) is 2.84. The first kappa shape index (κ1) is 12.3. The summed E-state index contributed by atoms with van der Waals surface area (Å²) >= 11 is 3.54. The predicted molar refractivity (Wildman–Crippen MR) is 76.7 cm³/mol. The Morgan fingerprint density at radius 1 is 1.21 bits per heavy atom. The molecule has 0 aliphatic carbocycles. The zero-order valence-corrected chi connectivity index (χ0v) is 11.8. The number of nitrogens with zero attached hydrogens (tertiary/aromatic N) is 1. The van der Waals surface area contributed by atoms with Crippen molar-refractivity contribution in [1.82, 2.24) is 4.98 Å². The molecule has 98 valence electrons. The van der Waals surface area contributed by atoms with Crippen molar-refractivity contribution < 1.29 is 9.47 Å². The number of anilines is 1. The zero-order valence-electron chi connectivity index (χ0n) is 10.2. The first-order valence-electron chi connectivity index (χ1n) is 6.05. The molecule has 1 aliphatic rings. The molecule has 2 aromatic rings. The molecule has 0 atom stereocenters. The van der Waals surface area contributed by atoms with Gasteiger partial charge in [0.15, 0.2) is 11.5 Å². The van der Waals surface area contributed by atoms with Gasteiger partial charge < -0.3 is 14.8 Å². The lowest BCUT2D eigenvalue weighted by Gasteiger charge is -2.20. The quantitative estimate of drug-likeness (QED) is 0.943. The van der Waals surface area contributed by atoms with Crippen LogP contribution in [-0.2, 0) is 6.54 Å². The smallest absolute Gasteiger partial charge is 0.163 e. The minimum Gasteiger partial charge on any atom is -0.486 e. The largest absolute Gasteiger partial charge is 0.486 e. The Hall–Kier alpha value is -1.75. The summed E-state index contributed by atoms with van der Waals surface area (Å²) in [6.45, 7) is 1.91. The summed E-state index contributed by atoms with van der Waals surface area (Å²) in [6.07, 6.45) is 3.61. The first-order chi connectivity index (χ1) is 9.33. The standard InChI is InChI=1S/C14H13BrN2O2/c15-11-6-13-14(19-5-4-18-13)7-12(11)17-9-10-2-1-3-16-8-10/h1-3,6-8,17H,4-5,9H2. The van der Waals surface area contributed by atoms with Crippen LogP contribution in [0.5, 0.6) is 11.5 Å². The lowest BCUT2D eigenvalue weighted by molar-refractivity contribution is 0.171. The van der Waals surface area contributed by atoms with Gasteiger partial charge in [0.05, 0.1) is 5.69 Å². The van der Waals surface area contributed by atoms with Crippen molar-refractivity contribution in [1.29, 1.82) is 0 Å². The molecular weight excluding hydrogens is 308 g/mol. The second kappa shape index (κ2) is 5.48. The maximum atomic E-state index is 5.57. The fraction of sp³-hybridized carbons (Fsp3) is 0.214. The van der Waals surface area contributed by atoms with E-state index >= 15 is 0 Å². The van der Waals surface area contributed by atoms with Crippen molar-refractivity contribution >= 4 is 21.6 Å². The van der Waals surface area contributed by atoms with Gasteiger partial charge >= 0.3 is 0 Å². The Balaban J connectivity index is 1.77. The van der Waals surface area contributed by atoms with E-state index in [1.54, 1.807) is 6.20 Å². The van der Waals surface area contributed by atoms with Gasteiger partial charge in [-0.1, -0.05) is 6.07 Å². The fourth-order valence-electron chi connectivity index (χ4n) is 1.90. The molecule has 0 fully saturated rings. The van der Waals surface area contributed by atoms with Gasteiger partial charge in [-0.3, -0.25) is 4.98 Å². The van der Waals surface area contributed by atoms with Crippen LogP contribution in [0.2, 0.25) is 0 Å². The molecule has 2 heterocycles. The molecule has 1 aromatic heterocycles. The van der Waals surface area contributed by atoms with Crippen LogP contribution in [0.15, 0.2) is 41.1 Å². The summed E-state index contributed by atoms with van der Waals surface area (Å²) in [5.74, 6) is 1.56. The number of aromatic nitrogens is 1. The van der Waals surface area contributed by atoms with E-state index in [2.05, 4.69) is 26.2 Å². The van der Waals surface area contributed by atoms with Crippen molar-refractivity contribution in [3.8, 4) is 11.5 Å². The SMILES string of the molecule is Brc1cc2c(cc1NCc1cccnc1)OCCO2. The number of benzene rings is 1. The highest BCUT2D eigenvalue weighted by Crippen LogP contribution is 2.38. The Labute approximate surface area is 119 Å². The van der Waals surface area contributed by atoms with E-state index < -0.39 is 0 Å². The van der Waals surface area contributed by atoms with Gasteiger partial charge in [-0.15, -0.1) is 0 Å². The fourth-order valence-corrected chi connectivity index (χ4v) is 2.36. The number of ether oxygens (including phenoxy) is 2. The summed E-state index contributed by atoms with van der Waals surface area (Å²) in [7, 11) is 0. The summed E-state index contributed by atoms with van der Waals surface area (Å²) in [5.41, 5.74) is 2.11. The molecule has 0 saturated carbocycles. The topological polar surface area (TPSA) is 43.4 Å². The van der Waals surface area contributed by atoms with Crippen molar-refractivity contribution in [2.45, 2.75) is 6.54 Å². The second-order valence-corrected chi connectivity index (χ2v) is 5.04. The van der Waals surface area contributed by atoms with E-state index in [9.17, 15) is 0 Å². The molecule has 1 N–H and O–H groups in total. The lowest BCUT2D eigenvalue weighted by Crippen LogP contribution is -2.15. The lowest BCUT2D eigenvalue weighted by atomic mass is 10.2. The number of hydrogen-bond acceptors (Lipinski definition) is 4. The van der Waals surface area contributed by atoms with Gasteiger partial charge in [0.25, 0.3) is 0 Å². The highest BCUT2D eigenvalue weighted by Gasteiger charge is 2.14. The van der Waals surface area contributed by atoms with Gasteiger partial charge in [-0.2, -0.15) is 0 Å². The molecule has 0 unspecified atom stereocenters. The van der Waals surface area contributed by atoms with Crippen molar-refractivity contribution in [3.63, 3.8) is 0 Å². The van der Waals surface area contributed by atoms with Crippen LogP contribution < -0.4 is 14.8 Å². The number of hydrogen-bond donors (Lipinski definition) is 1. The number of nitrogens with one attached hydrogen (secondary N) is 1. The minimum absolute atomic E-state index is 0.594. The molecule has 0 bridgehead atoms. The van der Waals surface area contributed by atoms with Crippen LogP contribution in [0.4, 0.5) is 5.69 Å². The first-order valence-corrected chi connectivity index (χ1v) is 6.84. The van der Waals surface area contributed by atoms with Crippen LogP contribution in [0, 0.1) is 0 Å². The normalized spacial score (nSPS) is 13.1. The zero-order chi connectivity index (χ0) is 13.1. The van der Waals surface area contributed by atoms with Crippen molar-refractivity contribution in [2.75, 3.05) is 18.5 Å².